The van der Waals surface area contributed by atoms with Gasteiger partial charge in [0.2, 0.25) is 5.71 Å². The third-order valence-electron chi connectivity index (χ3n) is 2.70. The highest BCUT2D eigenvalue weighted by Crippen LogP contribution is 2.05. The van der Waals surface area contributed by atoms with Gasteiger partial charge in [0.05, 0.1) is 6.26 Å². The Morgan fingerprint density at radius 2 is 2.24 bits per heavy atom. The van der Waals surface area contributed by atoms with Crippen molar-refractivity contribution in [1.29, 1.82) is 0 Å². The van der Waals surface area contributed by atoms with E-state index in [1.54, 1.807) is 6.20 Å². The molecule has 0 saturated heterocycles. The summed E-state index contributed by atoms with van der Waals surface area (Å²) in [4.78, 5) is 11.1. The van der Waals surface area contributed by atoms with Crippen LogP contribution >= 0.6 is 0 Å². The molecule has 2 aromatic heterocycles. The quantitative estimate of drug-likeness (QED) is 0.601. The number of hydrogen-bond acceptors (Lipinski definition) is 7. The molecule has 0 fully saturated rings. The highest BCUT2D eigenvalue weighted by atomic mass is 32.2. The van der Waals surface area contributed by atoms with E-state index in [1.165, 1.54) is 6.20 Å². The lowest BCUT2D eigenvalue weighted by Gasteiger charge is -1.98. The van der Waals surface area contributed by atoms with Gasteiger partial charge in [-0.15, -0.1) is 0 Å². The van der Waals surface area contributed by atoms with Crippen molar-refractivity contribution in [1.82, 2.24) is 15.0 Å². The molecule has 2 heterocycles. The first kappa shape index (κ1) is 13.6. The molecule has 9 heteroatoms. The van der Waals surface area contributed by atoms with Crippen LogP contribution in [0.4, 0.5) is 0 Å². The Balaban J connectivity index is 2.10. The summed E-state index contributed by atoms with van der Waals surface area (Å²) in [7, 11) is -3.73. The fourth-order valence-electron chi connectivity index (χ4n) is 1.86. The van der Waals surface area contributed by atoms with Gasteiger partial charge in [-0.2, -0.15) is 8.42 Å². The summed E-state index contributed by atoms with van der Waals surface area (Å²) in [6, 6.07) is 0. The van der Waals surface area contributed by atoms with Crippen molar-refractivity contribution in [3.63, 3.8) is 0 Å². The zero-order chi connectivity index (χ0) is 14.9. The standard InChI is InChI=1S/C12H12N4O4S/c1-21(17,18)20-16-10(11-13-6-7-14-11)12-15-8-4-2-3-5-9(8)19-12/h4-7H,2-3H2,1H3,(H,13,14)/b16-10+. The molecule has 0 unspecified atom stereocenters. The normalized spacial score (nSPS) is 15.0. The Morgan fingerprint density at radius 1 is 1.43 bits per heavy atom. The number of aromatic amines is 1. The molecule has 0 aromatic carbocycles. The van der Waals surface area contributed by atoms with E-state index in [0.29, 0.717) is 16.6 Å². The van der Waals surface area contributed by atoms with Crippen LogP contribution in [0.25, 0.3) is 12.2 Å². The lowest BCUT2D eigenvalue weighted by atomic mass is 10.2. The molecule has 0 aliphatic heterocycles. The molecule has 0 radical (unpaired) electrons. The van der Waals surface area contributed by atoms with Gasteiger partial charge >= 0.3 is 10.1 Å². The number of nitrogens with zero attached hydrogens (tertiary/aromatic N) is 3. The Bertz CT molecular complexity index is 860. The van der Waals surface area contributed by atoms with E-state index in [4.69, 9.17) is 4.42 Å². The molecule has 8 nitrogen and oxygen atoms in total. The summed E-state index contributed by atoms with van der Waals surface area (Å²) in [5.41, 5.74) is 0.719. The number of H-pyrrole nitrogens is 1. The summed E-state index contributed by atoms with van der Waals surface area (Å²) >= 11 is 0. The zero-order valence-electron chi connectivity index (χ0n) is 11.1. The van der Waals surface area contributed by atoms with Crippen LogP contribution in [-0.4, -0.2) is 35.3 Å². The first-order chi connectivity index (χ1) is 10.0. The molecule has 0 amide bonds. The second kappa shape index (κ2) is 5.17. The van der Waals surface area contributed by atoms with Gasteiger partial charge in [0, 0.05) is 12.4 Å². The van der Waals surface area contributed by atoms with Crippen molar-refractivity contribution in [3.8, 4) is 0 Å². The van der Waals surface area contributed by atoms with E-state index in [2.05, 4.69) is 24.4 Å². The van der Waals surface area contributed by atoms with Crippen LogP contribution in [0.1, 0.15) is 24.6 Å². The van der Waals surface area contributed by atoms with Crippen molar-refractivity contribution in [2.24, 2.45) is 5.16 Å². The summed E-state index contributed by atoms with van der Waals surface area (Å²) in [6.07, 6.45) is 9.60. The fourth-order valence-corrected chi connectivity index (χ4v) is 2.07. The molecule has 0 bridgehead atoms. The molecule has 2 aromatic rings. The number of hydrogen-bond donors (Lipinski definition) is 1. The molecule has 0 saturated carbocycles. The van der Waals surface area contributed by atoms with Crippen LogP contribution in [0.2, 0.25) is 0 Å². The van der Waals surface area contributed by atoms with Gasteiger partial charge in [-0.25, -0.2) is 9.97 Å². The van der Waals surface area contributed by atoms with Gasteiger partial charge in [-0.05, 0) is 18.9 Å². The fraction of sp³-hybridized carbons (Fsp3) is 0.250. The smallest absolute Gasteiger partial charge is 0.325 e. The third-order valence-corrected chi connectivity index (χ3v) is 3.05. The number of fused-ring (bicyclic) bond motifs is 1. The van der Waals surface area contributed by atoms with Crippen LogP contribution < -0.4 is 10.8 Å². The molecule has 0 spiro atoms. The van der Waals surface area contributed by atoms with E-state index < -0.39 is 10.1 Å². The molecule has 21 heavy (non-hydrogen) atoms. The molecule has 1 N–H and O–H groups in total. The van der Waals surface area contributed by atoms with E-state index in [1.807, 2.05) is 12.2 Å². The predicted octanol–water partition coefficient (Wildman–Crippen LogP) is -0.519. The van der Waals surface area contributed by atoms with Crippen molar-refractivity contribution < 1.29 is 17.1 Å². The van der Waals surface area contributed by atoms with Crippen LogP contribution in [0.15, 0.2) is 22.0 Å². The number of nitrogens with one attached hydrogen (secondary N) is 1. The van der Waals surface area contributed by atoms with Gasteiger partial charge < -0.3 is 9.40 Å². The summed E-state index contributed by atoms with van der Waals surface area (Å²) in [6.45, 7) is 0. The molecule has 1 aliphatic rings. The molecule has 110 valence electrons. The van der Waals surface area contributed by atoms with Crippen molar-refractivity contribution in [2.45, 2.75) is 12.8 Å². The van der Waals surface area contributed by atoms with Gasteiger partial charge in [-0.1, -0.05) is 11.2 Å². The van der Waals surface area contributed by atoms with Gasteiger partial charge in [0.15, 0.2) is 11.2 Å². The Morgan fingerprint density at radius 3 is 2.90 bits per heavy atom. The lowest BCUT2D eigenvalue weighted by Crippen LogP contribution is -2.24. The van der Waals surface area contributed by atoms with Crippen molar-refractivity contribution in [3.05, 3.63) is 34.9 Å². The summed E-state index contributed by atoms with van der Waals surface area (Å²) in [5, 5.41) is 4.31. The average molecular weight is 308 g/mol. The minimum atomic E-state index is -3.73. The summed E-state index contributed by atoms with van der Waals surface area (Å²) in [5.74, 6) is 0.449. The number of rotatable bonds is 4. The third kappa shape index (κ3) is 3.02. The molecule has 1 aliphatic carbocycles. The van der Waals surface area contributed by atoms with Crippen LogP contribution in [0, 0.1) is 0 Å². The number of imidazole rings is 1. The van der Waals surface area contributed by atoms with Crippen molar-refractivity contribution >= 4 is 28.0 Å². The minimum Gasteiger partial charge on any atom is -0.435 e. The van der Waals surface area contributed by atoms with E-state index >= 15 is 0 Å². The van der Waals surface area contributed by atoms with Crippen LogP contribution in [0.3, 0.4) is 0 Å². The van der Waals surface area contributed by atoms with E-state index in [0.717, 1.165) is 19.1 Å². The Hall–Kier alpha value is -2.42. The van der Waals surface area contributed by atoms with E-state index in [-0.39, 0.29) is 11.6 Å². The summed E-state index contributed by atoms with van der Waals surface area (Å²) < 4.78 is 32.3. The largest absolute Gasteiger partial charge is 0.435 e. The SMILES string of the molecule is CS(=O)(=O)O/N=C(\c1ncc[nH]1)c1nc2c(o1)=CCCC=2. The number of oxime groups is 1. The maximum Gasteiger partial charge on any atom is 0.325 e. The van der Waals surface area contributed by atoms with Gasteiger partial charge in [-0.3, -0.25) is 4.28 Å². The minimum absolute atomic E-state index is 0.0848. The van der Waals surface area contributed by atoms with Crippen molar-refractivity contribution in [2.75, 3.05) is 6.26 Å². The highest BCUT2D eigenvalue weighted by Gasteiger charge is 2.18. The molecular formula is C12H12N4O4S. The molecular weight excluding hydrogens is 296 g/mol. The predicted molar refractivity (Wildman–Crippen MR) is 74.1 cm³/mol. The first-order valence-corrected chi connectivity index (χ1v) is 7.98. The monoisotopic (exact) mass is 308 g/mol. The maximum atomic E-state index is 11.1. The van der Waals surface area contributed by atoms with Gasteiger partial charge in [0.25, 0.3) is 5.89 Å². The van der Waals surface area contributed by atoms with E-state index in [9.17, 15) is 8.42 Å². The topological polar surface area (TPSA) is 110 Å². The average Bonchev–Trinajstić information content (AvgIpc) is 3.06. The Kier molecular flexibility index (Phi) is 3.34. The highest BCUT2D eigenvalue weighted by molar-refractivity contribution is 7.85. The second-order valence-electron chi connectivity index (χ2n) is 4.41. The lowest BCUT2D eigenvalue weighted by molar-refractivity contribution is 0.341. The number of oxazole rings is 1. The zero-order valence-corrected chi connectivity index (χ0v) is 11.9. The van der Waals surface area contributed by atoms with Gasteiger partial charge in [0.1, 0.15) is 5.35 Å². The van der Waals surface area contributed by atoms with Crippen LogP contribution in [-0.2, 0) is 14.4 Å². The van der Waals surface area contributed by atoms with Crippen LogP contribution in [0.5, 0.6) is 0 Å². The molecule has 3 rings (SSSR count). The first-order valence-electron chi connectivity index (χ1n) is 6.17. The molecule has 0 atom stereocenters. The number of aromatic nitrogens is 3. The Labute approximate surface area is 120 Å². The maximum absolute atomic E-state index is 11.1. The second-order valence-corrected chi connectivity index (χ2v) is 5.97.